The van der Waals surface area contributed by atoms with Crippen LogP contribution in [0.25, 0.3) is 0 Å². The van der Waals surface area contributed by atoms with Gasteiger partial charge in [-0.05, 0) is 18.6 Å². The molecule has 1 saturated heterocycles. The molecule has 4 heterocycles. The number of thiazole rings is 1. The number of carbonyl (C=O) groups excluding carboxylic acids is 1. The van der Waals surface area contributed by atoms with Gasteiger partial charge in [-0.15, -0.1) is 11.3 Å². The lowest BCUT2D eigenvalue weighted by Gasteiger charge is -2.34. The molecule has 4 rings (SSSR count). The first kappa shape index (κ1) is 13.5. The molecule has 0 spiro atoms. The zero-order chi connectivity index (χ0) is 15.1. The van der Waals surface area contributed by atoms with E-state index in [1.807, 2.05) is 17.5 Å². The number of amides is 1. The van der Waals surface area contributed by atoms with E-state index in [9.17, 15) is 4.79 Å². The molecule has 1 atom stereocenters. The number of nitrogens with one attached hydrogen (secondary N) is 1. The molecule has 0 radical (unpaired) electrons. The van der Waals surface area contributed by atoms with Crippen LogP contribution in [0.4, 0.5) is 11.5 Å². The van der Waals surface area contributed by atoms with Gasteiger partial charge in [0.15, 0.2) is 5.82 Å². The summed E-state index contributed by atoms with van der Waals surface area (Å²) < 4.78 is 0. The van der Waals surface area contributed by atoms with Crippen LogP contribution >= 0.6 is 11.3 Å². The van der Waals surface area contributed by atoms with Gasteiger partial charge in [0.1, 0.15) is 5.69 Å². The maximum Gasteiger partial charge on any atom is 0.270 e. The van der Waals surface area contributed by atoms with E-state index in [4.69, 9.17) is 0 Å². The fourth-order valence-electron chi connectivity index (χ4n) is 3.11. The third-order valence-corrected chi connectivity index (χ3v) is 5.02. The zero-order valence-corrected chi connectivity index (χ0v) is 13.1. The van der Waals surface area contributed by atoms with Gasteiger partial charge in [-0.25, -0.2) is 9.97 Å². The minimum Gasteiger partial charge on any atom is -0.366 e. The third kappa shape index (κ3) is 2.21. The Balaban J connectivity index is 1.55. The number of hydrogen-bond acceptors (Lipinski definition) is 6. The molecule has 1 N–H and O–H groups in total. The number of aromatic nitrogens is 2. The van der Waals surface area contributed by atoms with Crippen molar-refractivity contribution in [1.29, 1.82) is 0 Å². The first-order valence-electron chi connectivity index (χ1n) is 7.36. The summed E-state index contributed by atoms with van der Waals surface area (Å²) in [5.41, 5.74) is 4.23. The first-order valence-corrected chi connectivity index (χ1v) is 8.31. The van der Waals surface area contributed by atoms with Crippen molar-refractivity contribution < 1.29 is 4.79 Å². The highest BCUT2D eigenvalue weighted by Crippen LogP contribution is 2.37. The summed E-state index contributed by atoms with van der Waals surface area (Å²) in [4.78, 5) is 25.6. The van der Waals surface area contributed by atoms with Crippen LogP contribution in [0.5, 0.6) is 0 Å². The average Bonchev–Trinajstić information content (AvgIpc) is 3.20. The molecule has 1 fully saturated rings. The van der Waals surface area contributed by atoms with E-state index in [2.05, 4.69) is 32.1 Å². The second-order valence-electron chi connectivity index (χ2n) is 5.70. The van der Waals surface area contributed by atoms with E-state index in [0.29, 0.717) is 18.3 Å². The van der Waals surface area contributed by atoms with E-state index in [1.165, 1.54) is 11.3 Å². The molecule has 0 saturated carbocycles. The summed E-state index contributed by atoms with van der Waals surface area (Å²) in [5.74, 6) is 0.757. The number of fused-ring (bicyclic) bond motifs is 4. The molecule has 22 heavy (non-hydrogen) atoms. The van der Waals surface area contributed by atoms with Gasteiger partial charge in [0, 0.05) is 31.6 Å². The number of rotatable bonds is 3. The second-order valence-corrected chi connectivity index (χ2v) is 6.42. The Morgan fingerprint density at radius 3 is 3.23 bits per heavy atom. The standard InChI is InChI=1S/C15H17N5OS/c1-19-11-4-5-20(7-11)13-3-2-12(18-14(13)19)15(21)16-6-10-8-22-9-17-10/h2-3,8-9,11H,4-7H2,1H3,(H,16,21). The van der Waals surface area contributed by atoms with Crippen LogP contribution in [0.2, 0.25) is 0 Å². The monoisotopic (exact) mass is 315 g/mol. The largest absolute Gasteiger partial charge is 0.366 e. The summed E-state index contributed by atoms with van der Waals surface area (Å²) in [7, 11) is 2.07. The van der Waals surface area contributed by atoms with Gasteiger partial charge >= 0.3 is 0 Å². The lowest BCUT2D eigenvalue weighted by molar-refractivity contribution is 0.0945. The van der Waals surface area contributed by atoms with Crippen molar-refractivity contribution in [3.63, 3.8) is 0 Å². The van der Waals surface area contributed by atoms with Crippen molar-refractivity contribution in [2.24, 2.45) is 0 Å². The van der Waals surface area contributed by atoms with Crippen molar-refractivity contribution in [2.75, 3.05) is 29.9 Å². The van der Waals surface area contributed by atoms with Crippen LogP contribution in [0.15, 0.2) is 23.0 Å². The van der Waals surface area contributed by atoms with Gasteiger partial charge in [0.2, 0.25) is 0 Å². The van der Waals surface area contributed by atoms with Crippen molar-refractivity contribution in [1.82, 2.24) is 15.3 Å². The van der Waals surface area contributed by atoms with E-state index >= 15 is 0 Å². The minimum absolute atomic E-state index is 0.155. The minimum atomic E-state index is -0.155. The van der Waals surface area contributed by atoms with E-state index in [0.717, 1.165) is 36.7 Å². The molecule has 0 aromatic carbocycles. The Morgan fingerprint density at radius 1 is 1.50 bits per heavy atom. The molecule has 114 valence electrons. The van der Waals surface area contributed by atoms with E-state index in [1.54, 1.807) is 5.51 Å². The summed E-state index contributed by atoms with van der Waals surface area (Å²) in [6.07, 6.45) is 1.15. The number of likely N-dealkylation sites (N-methyl/N-ethyl adjacent to an activating group) is 1. The fraction of sp³-hybridized carbons (Fsp3) is 0.400. The fourth-order valence-corrected chi connectivity index (χ4v) is 3.67. The predicted molar refractivity (Wildman–Crippen MR) is 86.5 cm³/mol. The Bertz CT molecular complexity index is 702. The highest BCUT2D eigenvalue weighted by molar-refractivity contribution is 7.07. The summed E-state index contributed by atoms with van der Waals surface area (Å²) in [6, 6.07) is 4.33. The molecule has 2 aliphatic rings. The van der Waals surface area contributed by atoms with Crippen molar-refractivity contribution >= 4 is 28.7 Å². The Labute approximate surface area is 132 Å². The average molecular weight is 315 g/mol. The van der Waals surface area contributed by atoms with Crippen molar-refractivity contribution in [3.05, 3.63) is 34.4 Å². The molecule has 1 amide bonds. The summed E-state index contributed by atoms with van der Waals surface area (Å²) in [5, 5.41) is 4.80. The molecule has 2 aromatic heterocycles. The van der Waals surface area contributed by atoms with Crippen LogP contribution in [0, 0.1) is 0 Å². The number of nitrogens with zero attached hydrogens (tertiary/aromatic N) is 4. The molecule has 1 unspecified atom stereocenters. The van der Waals surface area contributed by atoms with Crippen molar-refractivity contribution in [3.8, 4) is 0 Å². The highest BCUT2D eigenvalue weighted by atomic mass is 32.1. The number of anilines is 2. The van der Waals surface area contributed by atoms with Crippen LogP contribution in [-0.2, 0) is 6.54 Å². The van der Waals surface area contributed by atoms with Gasteiger partial charge in [-0.3, -0.25) is 4.79 Å². The molecule has 7 heteroatoms. The second kappa shape index (κ2) is 5.24. The molecular formula is C15H17N5OS. The Hall–Kier alpha value is -2.15. The summed E-state index contributed by atoms with van der Waals surface area (Å²) >= 11 is 1.52. The predicted octanol–water partition coefficient (Wildman–Crippen LogP) is 1.50. The number of pyridine rings is 1. The molecule has 0 aliphatic carbocycles. The maximum absolute atomic E-state index is 12.3. The van der Waals surface area contributed by atoms with Crippen LogP contribution in [-0.4, -0.2) is 42.1 Å². The van der Waals surface area contributed by atoms with E-state index < -0.39 is 0 Å². The third-order valence-electron chi connectivity index (χ3n) is 4.39. The number of hydrogen-bond donors (Lipinski definition) is 1. The zero-order valence-electron chi connectivity index (χ0n) is 12.3. The topological polar surface area (TPSA) is 61.4 Å². The van der Waals surface area contributed by atoms with Gasteiger partial charge in [0.25, 0.3) is 5.91 Å². The molecule has 2 aliphatic heterocycles. The van der Waals surface area contributed by atoms with E-state index in [-0.39, 0.29) is 5.91 Å². The molecule has 6 nitrogen and oxygen atoms in total. The van der Waals surface area contributed by atoms with Gasteiger partial charge < -0.3 is 15.1 Å². The lowest BCUT2D eigenvalue weighted by atomic mass is 10.2. The molecule has 2 bridgehead atoms. The SMILES string of the molecule is CN1c2nc(C(=O)NCc3cscn3)ccc2N2CCC1C2. The summed E-state index contributed by atoms with van der Waals surface area (Å²) in [6.45, 7) is 2.56. The lowest BCUT2D eigenvalue weighted by Crippen LogP contribution is -2.40. The van der Waals surface area contributed by atoms with Gasteiger partial charge in [-0.2, -0.15) is 0 Å². The first-order chi connectivity index (χ1) is 10.7. The smallest absolute Gasteiger partial charge is 0.270 e. The maximum atomic E-state index is 12.3. The molecule has 2 aromatic rings. The highest BCUT2D eigenvalue weighted by Gasteiger charge is 2.35. The van der Waals surface area contributed by atoms with Crippen LogP contribution < -0.4 is 15.1 Å². The normalized spacial score (nSPS) is 19.2. The Morgan fingerprint density at radius 2 is 2.41 bits per heavy atom. The van der Waals surface area contributed by atoms with Gasteiger partial charge in [0.05, 0.1) is 23.4 Å². The van der Waals surface area contributed by atoms with Gasteiger partial charge in [-0.1, -0.05) is 0 Å². The Kier molecular flexibility index (Phi) is 3.22. The van der Waals surface area contributed by atoms with Crippen molar-refractivity contribution in [2.45, 2.75) is 19.0 Å². The van der Waals surface area contributed by atoms with Crippen LogP contribution in [0.1, 0.15) is 22.6 Å². The van der Waals surface area contributed by atoms with Crippen LogP contribution in [0.3, 0.4) is 0 Å². The quantitative estimate of drug-likeness (QED) is 0.930. The molecular weight excluding hydrogens is 298 g/mol. The number of carbonyl (C=O) groups is 1.